The molecule has 2 aromatic heterocycles. The summed E-state index contributed by atoms with van der Waals surface area (Å²) in [6.45, 7) is 2.55. The number of amides is 1. The molecule has 0 aliphatic carbocycles. The zero-order valence-electron chi connectivity index (χ0n) is 16.8. The molecule has 1 amide bonds. The Morgan fingerprint density at radius 3 is 2.39 bits per heavy atom. The van der Waals surface area contributed by atoms with Gasteiger partial charge in [0.2, 0.25) is 0 Å². The van der Waals surface area contributed by atoms with Crippen molar-refractivity contribution in [2.24, 2.45) is 0 Å². The van der Waals surface area contributed by atoms with Crippen LogP contribution in [0.1, 0.15) is 10.4 Å². The van der Waals surface area contributed by atoms with Gasteiger partial charge in [-0.2, -0.15) is 0 Å². The molecule has 1 saturated heterocycles. The number of phenols is 1. The van der Waals surface area contributed by atoms with E-state index in [1.807, 2.05) is 41.3 Å². The van der Waals surface area contributed by atoms with Crippen molar-refractivity contribution >= 4 is 22.6 Å². The van der Waals surface area contributed by atoms with Crippen molar-refractivity contribution in [2.75, 3.05) is 31.1 Å². The van der Waals surface area contributed by atoms with Crippen LogP contribution < -0.4 is 4.90 Å². The van der Waals surface area contributed by atoms with E-state index in [0.29, 0.717) is 37.6 Å². The van der Waals surface area contributed by atoms with Gasteiger partial charge in [0.05, 0.1) is 5.52 Å². The fourth-order valence-corrected chi connectivity index (χ4v) is 3.83. The number of phenolic OH excluding ortho intramolecular Hbond substituents is 1. The molecule has 31 heavy (non-hydrogen) atoms. The van der Waals surface area contributed by atoms with E-state index in [2.05, 4.69) is 9.88 Å². The fourth-order valence-electron chi connectivity index (χ4n) is 3.83. The topological polar surface area (TPSA) is 82.5 Å². The van der Waals surface area contributed by atoms with Gasteiger partial charge < -0.3 is 14.9 Å². The molecule has 7 nitrogen and oxygen atoms in total. The van der Waals surface area contributed by atoms with Crippen LogP contribution in [-0.4, -0.2) is 57.0 Å². The lowest BCUT2D eigenvalue weighted by molar-refractivity contribution is 0.0746. The first-order chi connectivity index (χ1) is 15.2. The van der Waals surface area contributed by atoms with Crippen LogP contribution in [0, 0.1) is 0 Å². The molecule has 1 fully saturated rings. The highest BCUT2D eigenvalue weighted by Gasteiger charge is 2.24. The lowest BCUT2D eigenvalue weighted by Crippen LogP contribution is -2.49. The average Bonchev–Trinajstić information content (AvgIpc) is 2.84. The second-order valence-electron chi connectivity index (χ2n) is 7.46. The van der Waals surface area contributed by atoms with E-state index in [1.54, 1.807) is 24.5 Å². The Balaban J connectivity index is 1.41. The predicted molar refractivity (Wildman–Crippen MR) is 119 cm³/mol. The number of piperazine rings is 1. The molecule has 7 heteroatoms. The number of hydrogen-bond acceptors (Lipinski definition) is 6. The second kappa shape index (κ2) is 8.02. The number of rotatable bonds is 3. The number of nitrogens with zero attached hydrogens (tertiary/aromatic N) is 5. The molecule has 0 radical (unpaired) electrons. The number of carbonyl (C=O) groups excluding carboxylic acids is 1. The van der Waals surface area contributed by atoms with Crippen molar-refractivity contribution in [3.63, 3.8) is 0 Å². The van der Waals surface area contributed by atoms with Crippen molar-refractivity contribution in [2.45, 2.75) is 0 Å². The summed E-state index contributed by atoms with van der Waals surface area (Å²) in [7, 11) is 0. The summed E-state index contributed by atoms with van der Waals surface area (Å²) in [4.78, 5) is 30.7. The van der Waals surface area contributed by atoms with Crippen molar-refractivity contribution < 1.29 is 9.90 Å². The normalized spacial score (nSPS) is 14.1. The van der Waals surface area contributed by atoms with Crippen LogP contribution in [0.25, 0.3) is 22.3 Å². The molecule has 0 atom stereocenters. The summed E-state index contributed by atoms with van der Waals surface area (Å²) in [6.07, 6.45) is 3.50. The molecule has 4 aromatic rings. The largest absolute Gasteiger partial charge is 0.508 e. The van der Waals surface area contributed by atoms with Gasteiger partial charge in [0.25, 0.3) is 5.91 Å². The van der Waals surface area contributed by atoms with Gasteiger partial charge in [-0.1, -0.05) is 12.1 Å². The minimum Gasteiger partial charge on any atom is -0.508 e. The third kappa shape index (κ3) is 3.77. The molecule has 1 aliphatic rings. The number of aromatic nitrogens is 3. The molecule has 1 aliphatic heterocycles. The number of hydrogen-bond donors (Lipinski definition) is 1. The van der Waals surface area contributed by atoms with Crippen LogP contribution in [0.4, 0.5) is 5.82 Å². The third-order valence-corrected chi connectivity index (χ3v) is 5.48. The lowest BCUT2D eigenvalue weighted by Gasteiger charge is -2.36. The monoisotopic (exact) mass is 411 g/mol. The quantitative estimate of drug-likeness (QED) is 0.557. The summed E-state index contributed by atoms with van der Waals surface area (Å²) in [5, 5.41) is 10.4. The van der Waals surface area contributed by atoms with Gasteiger partial charge in [0.15, 0.2) is 5.82 Å². The number of anilines is 1. The predicted octanol–water partition coefficient (Wildman–Crippen LogP) is 3.36. The lowest BCUT2D eigenvalue weighted by atomic mass is 10.1. The Morgan fingerprint density at radius 2 is 1.65 bits per heavy atom. The van der Waals surface area contributed by atoms with Gasteiger partial charge >= 0.3 is 0 Å². The SMILES string of the molecule is O=C(c1ccc(O)cc1)N1CCN(c2nc(-c3cccnc3)nc3ccccc23)CC1. The van der Waals surface area contributed by atoms with Gasteiger partial charge in [-0.3, -0.25) is 9.78 Å². The average molecular weight is 411 g/mol. The zero-order chi connectivity index (χ0) is 21.2. The molecule has 2 aromatic carbocycles. The maximum Gasteiger partial charge on any atom is 0.253 e. The van der Waals surface area contributed by atoms with Crippen molar-refractivity contribution in [1.82, 2.24) is 19.9 Å². The Bertz CT molecular complexity index is 1220. The van der Waals surface area contributed by atoms with Gasteiger partial charge in [-0.25, -0.2) is 9.97 Å². The van der Waals surface area contributed by atoms with Crippen LogP contribution in [0.15, 0.2) is 73.1 Å². The van der Waals surface area contributed by atoms with Crippen LogP contribution in [0.5, 0.6) is 5.75 Å². The van der Waals surface area contributed by atoms with Crippen molar-refractivity contribution in [3.8, 4) is 17.1 Å². The number of benzene rings is 2. The molecule has 154 valence electrons. The smallest absolute Gasteiger partial charge is 0.253 e. The maximum atomic E-state index is 12.8. The van der Waals surface area contributed by atoms with E-state index in [4.69, 9.17) is 9.97 Å². The number of aromatic hydroxyl groups is 1. The molecular formula is C24H21N5O2. The summed E-state index contributed by atoms with van der Waals surface area (Å²) >= 11 is 0. The van der Waals surface area contributed by atoms with E-state index >= 15 is 0 Å². The Morgan fingerprint density at radius 1 is 0.871 bits per heavy atom. The molecule has 5 rings (SSSR count). The fraction of sp³-hybridized carbons (Fsp3) is 0.167. The molecule has 0 bridgehead atoms. The van der Waals surface area contributed by atoms with E-state index in [-0.39, 0.29) is 11.7 Å². The van der Waals surface area contributed by atoms with Gasteiger partial charge in [-0.15, -0.1) is 0 Å². The molecule has 0 spiro atoms. The molecule has 3 heterocycles. The minimum atomic E-state index is -0.0248. The number of para-hydroxylation sites is 1. The zero-order valence-corrected chi connectivity index (χ0v) is 16.8. The van der Waals surface area contributed by atoms with Crippen LogP contribution in [0.3, 0.4) is 0 Å². The van der Waals surface area contributed by atoms with Crippen molar-refractivity contribution in [3.05, 3.63) is 78.6 Å². The summed E-state index contributed by atoms with van der Waals surface area (Å²) in [5.41, 5.74) is 2.34. The molecule has 0 unspecified atom stereocenters. The first kappa shape index (κ1) is 19.0. The second-order valence-corrected chi connectivity index (χ2v) is 7.46. The summed E-state index contributed by atoms with van der Waals surface area (Å²) in [5.74, 6) is 1.65. The van der Waals surface area contributed by atoms with E-state index in [1.165, 1.54) is 12.1 Å². The summed E-state index contributed by atoms with van der Waals surface area (Å²) < 4.78 is 0. The van der Waals surface area contributed by atoms with Gasteiger partial charge in [0.1, 0.15) is 11.6 Å². The van der Waals surface area contributed by atoms with Gasteiger partial charge in [0, 0.05) is 55.1 Å². The van der Waals surface area contributed by atoms with Crippen molar-refractivity contribution in [1.29, 1.82) is 0 Å². The standard InChI is InChI=1S/C24H21N5O2/c30-19-9-7-17(8-10-19)24(31)29-14-12-28(13-15-29)23-20-5-1-2-6-21(20)26-22(27-23)18-4-3-11-25-16-18/h1-11,16,30H,12-15H2. The third-order valence-electron chi connectivity index (χ3n) is 5.48. The Kier molecular flexibility index (Phi) is 4.92. The van der Waals surface area contributed by atoms with Crippen LogP contribution in [0.2, 0.25) is 0 Å². The first-order valence-corrected chi connectivity index (χ1v) is 10.2. The maximum absolute atomic E-state index is 12.8. The van der Waals surface area contributed by atoms with E-state index < -0.39 is 0 Å². The highest BCUT2D eigenvalue weighted by atomic mass is 16.3. The number of carbonyl (C=O) groups is 1. The number of fused-ring (bicyclic) bond motifs is 1. The van der Waals surface area contributed by atoms with Gasteiger partial charge in [-0.05, 0) is 48.5 Å². The molecule has 0 saturated carbocycles. The molecular weight excluding hydrogens is 390 g/mol. The minimum absolute atomic E-state index is 0.0248. The highest BCUT2D eigenvalue weighted by molar-refractivity contribution is 5.95. The Hall–Kier alpha value is -4.00. The summed E-state index contributed by atoms with van der Waals surface area (Å²) in [6, 6.07) is 18.2. The van der Waals surface area contributed by atoms with Crippen LogP contribution in [-0.2, 0) is 0 Å². The Labute approximate surface area is 179 Å². The van der Waals surface area contributed by atoms with E-state index in [0.717, 1.165) is 22.3 Å². The highest BCUT2D eigenvalue weighted by Crippen LogP contribution is 2.28. The van der Waals surface area contributed by atoms with E-state index in [9.17, 15) is 9.90 Å². The number of pyridine rings is 1. The molecule has 1 N–H and O–H groups in total. The van der Waals surface area contributed by atoms with Crippen LogP contribution >= 0.6 is 0 Å². The first-order valence-electron chi connectivity index (χ1n) is 10.2.